The Morgan fingerprint density at radius 3 is 2.38 bits per heavy atom. The lowest BCUT2D eigenvalue weighted by Gasteiger charge is -2.16. The van der Waals surface area contributed by atoms with E-state index in [4.69, 9.17) is 5.26 Å². The molecule has 0 atom stereocenters. The van der Waals surface area contributed by atoms with Crippen molar-refractivity contribution in [3.63, 3.8) is 0 Å². The van der Waals surface area contributed by atoms with Crippen molar-refractivity contribution in [3.05, 3.63) is 39.7 Å². The normalized spacial score (nSPS) is 11.9. The van der Waals surface area contributed by atoms with Crippen molar-refractivity contribution in [1.82, 2.24) is 9.97 Å². The van der Waals surface area contributed by atoms with Crippen LogP contribution >= 0.6 is 11.8 Å². The van der Waals surface area contributed by atoms with E-state index in [0.717, 1.165) is 17.8 Å². The smallest absolute Gasteiger partial charge is 0.405 e. The van der Waals surface area contributed by atoms with Crippen molar-refractivity contribution in [2.24, 2.45) is 0 Å². The summed E-state index contributed by atoms with van der Waals surface area (Å²) in [5.41, 5.74) is -3.91. The minimum atomic E-state index is -5.33. The molecule has 0 spiro atoms. The lowest BCUT2D eigenvalue weighted by atomic mass is 10.0. The largest absolute Gasteiger partial charge is 0.573 e. The molecule has 138 valence electrons. The van der Waals surface area contributed by atoms with Crippen molar-refractivity contribution in [2.45, 2.75) is 17.7 Å². The summed E-state index contributed by atoms with van der Waals surface area (Å²) in [6, 6.07) is 3.16. The maximum absolute atomic E-state index is 13.1. The first-order chi connectivity index (χ1) is 12.0. The van der Waals surface area contributed by atoms with Gasteiger partial charge in [0.1, 0.15) is 17.4 Å². The summed E-state index contributed by atoms with van der Waals surface area (Å²) in [7, 11) is 0. The SMILES string of the molecule is CSc1nc(-c2ccc(OC(F)(F)F)c(C(F)(F)F)c2)c(C#N)c(=O)[nH]1. The molecule has 26 heavy (non-hydrogen) atoms. The molecule has 0 saturated heterocycles. The fraction of sp³-hybridized carbons (Fsp3) is 0.214. The van der Waals surface area contributed by atoms with Crippen molar-refractivity contribution in [2.75, 3.05) is 6.26 Å². The van der Waals surface area contributed by atoms with E-state index in [1.807, 2.05) is 0 Å². The second-order valence-corrected chi connectivity index (χ2v) is 5.46. The summed E-state index contributed by atoms with van der Waals surface area (Å²) in [5, 5.41) is 9.07. The van der Waals surface area contributed by atoms with Gasteiger partial charge in [-0.25, -0.2) is 4.98 Å². The molecule has 2 rings (SSSR count). The minimum Gasteiger partial charge on any atom is -0.405 e. The van der Waals surface area contributed by atoms with Crippen LogP contribution in [-0.2, 0) is 6.18 Å². The molecule has 0 fully saturated rings. The van der Waals surface area contributed by atoms with Crippen molar-refractivity contribution in [3.8, 4) is 23.1 Å². The average molecular weight is 395 g/mol. The standard InChI is InChI=1S/C14H7F6N3O2S/c1-26-12-22-10(7(5-21)11(24)23-12)6-2-3-9(25-14(18,19)20)8(4-6)13(15,16)17/h2-4H,1H3,(H,22,23,24). The third kappa shape index (κ3) is 4.29. The third-order valence-electron chi connectivity index (χ3n) is 2.99. The van der Waals surface area contributed by atoms with Gasteiger partial charge >= 0.3 is 12.5 Å². The summed E-state index contributed by atoms with van der Waals surface area (Å²) in [6.45, 7) is 0. The molecule has 0 radical (unpaired) electrons. The topological polar surface area (TPSA) is 78.8 Å². The summed E-state index contributed by atoms with van der Waals surface area (Å²) in [4.78, 5) is 18.0. The number of nitrogens with one attached hydrogen (secondary N) is 1. The quantitative estimate of drug-likeness (QED) is 0.484. The highest BCUT2D eigenvalue weighted by Crippen LogP contribution is 2.40. The van der Waals surface area contributed by atoms with Gasteiger partial charge in [-0.2, -0.15) is 18.4 Å². The number of nitriles is 1. The number of rotatable bonds is 3. The van der Waals surface area contributed by atoms with Gasteiger partial charge in [0.2, 0.25) is 0 Å². The van der Waals surface area contributed by atoms with Crippen LogP contribution in [0.2, 0.25) is 0 Å². The Labute approximate surface area is 145 Å². The van der Waals surface area contributed by atoms with E-state index in [0.29, 0.717) is 12.1 Å². The van der Waals surface area contributed by atoms with Crippen molar-refractivity contribution >= 4 is 11.8 Å². The molecule has 1 aromatic heterocycles. The molecule has 1 heterocycles. The molecular weight excluding hydrogens is 388 g/mol. The molecule has 2 aromatic rings. The van der Waals surface area contributed by atoms with Crippen LogP contribution < -0.4 is 10.3 Å². The van der Waals surface area contributed by atoms with Crippen LogP contribution in [0.3, 0.4) is 0 Å². The highest BCUT2D eigenvalue weighted by molar-refractivity contribution is 7.98. The zero-order chi connectivity index (χ0) is 19.7. The molecule has 0 aliphatic rings. The second kappa shape index (κ2) is 6.91. The van der Waals surface area contributed by atoms with Crippen LogP contribution in [0, 0.1) is 11.3 Å². The van der Waals surface area contributed by atoms with Crippen LogP contribution in [0.5, 0.6) is 5.75 Å². The number of aromatic amines is 1. The number of H-pyrrole nitrogens is 1. The highest BCUT2D eigenvalue weighted by Gasteiger charge is 2.39. The van der Waals surface area contributed by atoms with E-state index in [9.17, 15) is 31.1 Å². The van der Waals surface area contributed by atoms with E-state index < -0.39 is 35.0 Å². The first kappa shape index (κ1) is 19.6. The zero-order valence-corrected chi connectivity index (χ0v) is 13.4. The summed E-state index contributed by atoms with van der Waals surface area (Å²) < 4.78 is 79.7. The predicted molar refractivity (Wildman–Crippen MR) is 78.5 cm³/mol. The van der Waals surface area contributed by atoms with Gasteiger partial charge in [-0.3, -0.25) is 4.79 Å². The molecule has 5 nitrogen and oxygen atoms in total. The van der Waals surface area contributed by atoms with Gasteiger partial charge in [0, 0.05) is 5.56 Å². The Kier molecular flexibility index (Phi) is 5.22. The first-order valence-electron chi connectivity index (χ1n) is 6.52. The molecule has 0 bridgehead atoms. The van der Waals surface area contributed by atoms with Gasteiger partial charge in [-0.1, -0.05) is 11.8 Å². The minimum absolute atomic E-state index is 0.0215. The van der Waals surface area contributed by atoms with Gasteiger partial charge < -0.3 is 9.72 Å². The molecule has 0 unspecified atom stereocenters. The number of hydrogen-bond donors (Lipinski definition) is 1. The van der Waals surface area contributed by atoms with Crippen molar-refractivity contribution in [1.29, 1.82) is 5.26 Å². The number of halogens is 6. The third-order valence-corrected chi connectivity index (χ3v) is 3.57. The van der Waals surface area contributed by atoms with Gasteiger partial charge in [0.15, 0.2) is 5.16 Å². The van der Waals surface area contributed by atoms with Gasteiger partial charge in [-0.15, -0.1) is 13.2 Å². The molecule has 0 amide bonds. The Balaban J connectivity index is 2.72. The van der Waals surface area contributed by atoms with Crippen LogP contribution in [0.25, 0.3) is 11.3 Å². The van der Waals surface area contributed by atoms with Gasteiger partial charge in [-0.05, 0) is 24.5 Å². The Bertz CT molecular complexity index is 930. The van der Waals surface area contributed by atoms with Crippen LogP contribution in [0.1, 0.15) is 11.1 Å². The van der Waals surface area contributed by atoms with E-state index >= 15 is 0 Å². The monoisotopic (exact) mass is 395 g/mol. The molecule has 1 aromatic carbocycles. The van der Waals surface area contributed by atoms with Gasteiger partial charge in [0.25, 0.3) is 5.56 Å². The number of ether oxygens (including phenoxy) is 1. The molecule has 1 N–H and O–H groups in total. The molecular formula is C14H7F6N3O2S. The highest BCUT2D eigenvalue weighted by atomic mass is 32.2. The molecule has 0 aliphatic carbocycles. The van der Waals surface area contributed by atoms with Crippen LogP contribution in [0.15, 0.2) is 28.2 Å². The van der Waals surface area contributed by atoms with Crippen LogP contribution in [-0.4, -0.2) is 22.6 Å². The first-order valence-corrected chi connectivity index (χ1v) is 7.74. The zero-order valence-electron chi connectivity index (χ0n) is 12.6. The Morgan fingerprint density at radius 2 is 1.88 bits per heavy atom. The number of hydrogen-bond acceptors (Lipinski definition) is 5. The Morgan fingerprint density at radius 1 is 1.23 bits per heavy atom. The molecule has 0 aliphatic heterocycles. The summed E-state index contributed by atoms with van der Waals surface area (Å²) >= 11 is 0.960. The fourth-order valence-corrected chi connectivity index (χ4v) is 2.35. The van der Waals surface area contributed by atoms with E-state index in [1.165, 1.54) is 12.3 Å². The van der Waals surface area contributed by atoms with Gasteiger partial charge in [0.05, 0.1) is 11.3 Å². The maximum Gasteiger partial charge on any atom is 0.573 e. The van der Waals surface area contributed by atoms with E-state index in [-0.39, 0.29) is 16.4 Å². The van der Waals surface area contributed by atoms with Crippen molar-refractivity contribution < 1.29 is 31.1 Å². The summed E-state index contributed by atoms with van der Waals surface area (Å²) in [6.07, 6.45) is -8.98. The average Bonchev–Trinajstić information content (AvgIpc) is 2.51. The molecule has 12 heteroatoms. The number of nitrogens with zero attached hydrogens (tertiary/aromatic N) is 2. The molecule has 0 saturated carbocycles. The summed E-state index contributed by atoms with van der Waals surface area (Å²) in [5.74, 6) is -1.46. The number of benzene rings is 1. The predicted octanol–water partition coefficient (Wildman–Crippen LogP) is 3.95. The maximum atomic E-state index is 13.1. The fourth-order valence-electron chi connectivity index (χ4n) is 1.97. The number of thioether (sulfide) groups is 1. The lowest BCUT2D eigenvalue weighted by Crippen LogP contribution is -2.20. The number of alkyl halides is 6. The number of aromatic nitrogens is 2. The van der Waals surface area contributed by atoms with Crippen LogP contribution in [0.4, 0.5) is 26.3 Å². The van der Waals surface area contributed by atoms with E-state index in [1.54, 1.807) is 0 Å². The van der Waals surface area contributed by atoms with E-state index in [2.05, 4.69) is 14.7 Å². The lowest BCUT2D eigenvalue weighted by molar-refractivity contribution is -0.276. The Hall–Kier alpha value is -2.68. The second-order valence-electron chi connectivity index (χ2n) is 4.67.